The van der Waals surface area contributed by atoms with E-state index in [-0.39, 0.29) is 5.91 Å². The summed E-state index contributed by atoms with van der Waals surface area (Å²) < 4.78 is 0. The first-order valence-corrected chi connectivity index (χ1v) is 6.60. The minimum absolute atomic E-state index is 0.163. The zero-order chi connectivity index (χ0) is 13.3. The molecule has 1 fully saturated rings. The molecule has 2 unspecified atom stereocenters. The summed E-state index contributed by atoms with van der Waals surface area (Å²) in [5.41, 5.74) is 3.04. The fourth-order valence-corrected chi connectivity index (χ4v) is 2.63. The lowest BCUT2D eigenvalue weighted by Gasteiger charge is -2.36. The fraction of sp³-hybridized carbons (Fsp3) is 0.533. The van der Waals surface area contributed by atoms with Gasteiger partial charge < -0.3 is 10.2 Å². The average molecular weight is 246 g/mol. The molecule has 1 amide bonds. The lowest BCUT2D eigenvalue weighted by molar-refractivity contribution is 0.0673. The van der Waals surface area contributed by atoms with Crippen LogP contribution in [0.3, 0.4) is 0 Å². The molecule has 18 heavy (non-hydrogen) atoms. The van der Waals surface area contributed by atoms with E-state index in [0.717, 1.165) is 29.8 Å². The van der Waals surface area contributed by atoms with Gasteiger partial charge in [-0.25, -0.2) is 0 Å². The highest BCUT2D eigenvalue weighted by atomic mass is 16.2. The Bertz CT molecular complexity index is 446. The van der Waals surface area contributed by atoms with Gasteiger partial charge in [-0.1, -0.05) is 17.7 Å². The van der Waals surface area contributed by atoms with Gasteiger partial charge in [0.2, 0.25) is 0 Å². The molecule has 2 rings (SSSR count). The van der Waals surface area contributed by atoms with Crippen LogP contribution in [-0.2, 0) is 0 Å². The molecule has 2 atom stereocenters. The SMILES string of the molecule is Cc1ccc(C)c(C(=O)N2CC(C)NC(C)C2)c1. The molecule has 1 N–H and O–H groups in total. The number of carbonyl (C=O) groups is 1. The Morgan fingerprint density at radius 1 is 1.22 bits per heavy atom. The number of piperazine rings is 1. The van der Waals surface area contributed by atoms with E-state index in [2.05, 4.69) is 25.2 Å². The third kappa shape index (κ3) is 2.72. The molecule has 0 bridgehead atoms. The standard InChI is InChI=1S/C15H22N2O/c1-10-5-6-11(2)14(7-10)15(18)17-8-12(3)16-13(4)9-17/h5-7,12-13,16H,8-9H2,1-4H3. The number of rotatable bonds is 1. The number of benzene rings is 1. The predicted octanol–water partition coefficient (Wildman–Crippen LogP) is 2.13. The molecule has 1 aromatic rings. The Morgan fingerprint density at radius 3 is 2.44 bits per heavy atom. The second kappa shape index (κ2) is 5.11. The Morgan fingerprint density at radius 2 is 1.83 bits per heavy atom. The highest BCUT2D eigenvalue weighted by molar-refractivity contribution is 5.96. The summed E-state index contributed by atoms with van der Waals surface area (Å²) in [4.78, 5) is 14.5. The van der Waals surface area contributed by atoms with Crippen molar-refractivity contribution in [2.24, 2.45) is 0 Å². The van der Waals surface area contributed by atoms with Crippen molar-refractivity contribution in [2.45, 2.75) is 39.8 Å². The molecule has 1 aromatic carbocycles. The van der Waals surface area contributed by atoms with Crippen molar-refractivity contribution in [1.29, 1.82) is 0 Å². The Balaban J connectivity index is 2.22. The van der Waals surface area contributed by atoms with Crippen molar-refractivity contribution in [3.8, 4) is 0 Å². The van der Waals surface area contributed by atoms with Gasteiger partial charge in [-0.15, -0.1) is 0 Å². The molecule has 1 aliphatic heterocycles. The second-order valence-electron chi connectivity index (χ2n) is 5.50. The lowest BCUT2D eigenvalue weighted by atomic mass is 10.0. The first kappa shape index (κ1) is 13.1. The molecule has 3 heteroatoms. The van der Waals surface area contributed by atoms with E-state index < -0.39 is 0 Å². The summed E-state index contributed by atoms with van der Waals surface area (Å²) in [5.74, 6) is 0.163. The van der Waals surface area contributed by atoms with E-state index in [4.69, 9.17) is 0 Å². The van der Waals surface area contributed by atoms with Crippen molar-refractivity contribution in [3.63, 3.8) is 0 Å². The quantitative estimate of drug-likeness (QED) is 0.823. The first-order valence-electron chi connectivity index (χ1n) is 6.60. The molecular formula is C15H22N2O. The molecule has 98 valence electrons. The minimum atomic E-state index is 0.163. The summed E-state index contributed by atoms with van der Waals surface area (Å²) in [7, 11) is 0. The van der Waals surface area contributed by atoms with Crippen LogP contribution >= 0.6 is 0 Å². The van der Waals surface area contributed by atoms with E-state index in [9.17, 15) is 4.79 Å². The Labute approximate surface area is 109 Å². The molecule has 0 spiro atoms. The highest BCUT2D eigenvalue weighted by Gasteiger charge is 2.26. The molecular weight excluding hydrogens is 224 g/mol. The number of aryl methyl sites for hydroxylation is 2. The minimum Gasteiger partial charge on any atom is -0.336 e. The summed E-state index contributed by atoms with van der Waals surface area (Å²) in [6.07, 6.45) is 0. The van der Waals surface area contributed by atoms with Crippen molar-refractivity contribution >= 4 is 5.91 Å². The zero-order valence-electron chi connectivity index (χ0n) is 11.7. The van der Waals surface area contributed by atoms with Crippen molar-refractivity contribution in [3.05, 3.63) is 34.9 Å². The van der Waals surface area contributed by atoms with Crippen LogP contribution in [0.25, 0.3) is 0 Å². The fourth-order valence-electron chi connectivity index (χ4n) is 2.63. The van der Waals surface area contributed by atoms with Crippen LogP contribution in [0.5, 0.6) is 0 Å². The van der Waals surface area contributed by atoms with Crippen LogP contribution in [0.1, 0.15) is 35.3 Å². The summed E-state index contributed by atoms with van der Waals surface area (Å²) in [6, 6.07) is 6.80. The topological polar surface area (TPSA) is 32.3 Å². The molecule has 1 aliphatic rings. The van der Waals surface area contributed by atoms with Crippen LogP contribution in [-0.4, -0.2) is 36.0 Å². The van der Waals surface area contributed by atoms with E-state index >= 15 is 0 Å². The van der Waals surface area contributed by atoms with Gasteiger partial charge in [0, 0.05) is 30.7 Å². The van der Waals surface area contributed by atoms with Gasteiger partial charge in [-0.2, -0.15) is 0 Å². The highest BCUT2D eigenvalue weighted by Crippen LogP contribution is 2.15. The number of hydrogen-bond donors (Lipinski definition) is 1. The largest absolute Gasteiger partial charge is 0.336 e. The molecule has 0 saturated carbocycles. The van der Waals surface area contributed by atoms with E-state index in [1.807, 2.05) is 30.9 Å². The maximum Gasteiger partial charge on any atom is 0.254 e. The second-order valence-corrected chi connectivity index (χ2v) is 5.50. The van der Waals surface area contributed by atoms with E-state index in [0.29, 0.717) is 12.1 Å². The average Bonchev–Trinajstić information content (AvgIpc) is 2.30. The third-order valence-corrected chi connectivity index (χ3v) is 3.47. The van der Waals surface area contributed by atoms with Crippen LogP contribution < -0.4 is 5.32 Å². The van der Waals surface area contributed by atoms with Crippen molar-refractivity contribution in [1.82, 2.24) is 10.2 Å². The number of amides is 1. The molecule has 1 heterocycles. The van der Waals surface area contributed by atoms with Gasteiger partial charge in [-0.3, -0.25) is 4.79 Å². The number of hydrogen-bond acceptors (Lipinski definition) is 2. The molecule has 0 aliphatic carbocycles. The van der Waals surface area contributed by atoms with Crippen LogP contribution in [0.2, 0.25) is 0 Å². The Kier molecular flexibility index (Phi) is 3.71. The predicted molar refractivity (Wildman–Crippen MR) is 73.9 cm³/mol. The number of carbonyl (C=O) groups excluding carboxylic acids is 1. The third-order valence-electron chi connectivity index (χ3n) is 3.47. The molecule has 1 saturated heterocycles. The monoisotopic (exact) mass is 246 g/mol. The van der Waals surface area contributed by atoms with Crippen molar-refractivity contribution < 1.29 is 4.79 Å². The van der Waals surface area contributed by atoms with Gasteiger partial charge in [0.25, 0.3) is 5.91 Å². The molecule has 0 radical (unpaired) electrons. The summed E-state index contributed by atoms with van der Waals surface area (Å²) in [6.45, 7) is 9.85. The van der Waals surface area contributed by atoms with Gasteiger partial charge >= 0.3 is 0 Å². The van der Waals surface area contributed by atoms with Crippen LogP contribution in [0, 0.1) is 13.8 Å². The van der Waals surface area contributed by atoms with Crippen molar-refractivity contribution in [2.75, 3.05) is 13.1 Å². The van der Waals surface area contributed by atoms with Crippen LogP contribution in [0.4, 0.5) is 0 Å². The van der Waals surface area contributed by atoms with Gasteiger partial charge in [0.15, 0.2) is 0 Å². The van der Waals surface area contributed by atoms with E-state index in [1.54, 1.807) is 0 Å². The summed E-state index contributed by atoms with van der Waals surface area (Å²) in [5, 5.41) is 3.45. The van der Waals surface area contributed by atoms with Gasteiger partial charge in [-0.05, 0) is 39.3 Å². The maximum atomic E-state index is 12.6. The Hall–Kier alpha value is -1.35. The first-order chi connectivity index (χ1) is 8.47. The normalized spacial score (nSPS) is 24.1. The number of nitrogens with one attached hydrogen (secondary N) is 1. The number of nitrogens with zero attached hydrogens (tertiary/aromatic N) is 1. The summed E-state index contributed by atoms with van der Waals surface area (Å²) >= 11 is 0. The van der Waals surface area contributed by atoms with E-state index in [1.165, 1.54) is 0 Å². The molecule has 3 nitrogen and oxygen atoms in total. The lowest BCUT2D eigenvalue weighted by Crippen LogP contribution is -2.55. The smallest absolute Gasteiger partial charge is 0.254 e. The zero-order valence-corrected chi connectivity index (χ0v) is 11.7. The van der Waals surface area contributed by atoms with Gasteiger partial charge in [0.1, 0.15) is 0 Å². The maximum absolute atomic E-state index is 12.6. The molecule has 0 aromatic heterocycles. The van der Waals surface area contributed by atoms with Gasteiger partial charge in [0.05, 0.1) is 0 Å². The van der Waals surface area contributed by atoms with Crippen LogP contribution in [0.15, 0.2) is 18.2 Å².